The van der Waals surface area contributed by atoms with Crippen molar-refractivity contribution in [3.63, 3.8) is 0 Å². The Bertz CT molecular complexity index is 3580. The average molecular weight is 845 g/mol. The molecular formula is C58H47BN3OS. The summed E-state index contributed by atoms with van der Waals surface area (Å²) in [6.45, 7) is 13.7. The Morgan fingerprint density at radius 3 is 1.92 bits per heavy atom. The number of hydrogen-bond acceptors (Lipinski definition) is 4. The molecule has 0 amide bonds. The molecule has 0 aliphatic carbocycles. The second-order valence-corrected chi connectivity index (χ2v) is 20.4. The SMILES string of the molecule is CC(C)(C)c1ccc(Nc2cc(N(c3ccccc3)c3ccccc3)ccc2-c2ccc3c4cc5oc6ccccc6c5cc4n4c3c2[B]c2sc3ccc(C(C)(C)C)cc3c2-4)cc1. The van der Waals surface area contributed by atoms with Gasteiger partial charge in [0.15, 0.2) is 0 Å². The van der Waals surface area contributed by atoms with Crippen LogP contribution in [0.1, 0.15) is 52.7 Å². The number of thiophene rings is 1. The lowest BCUT2D eigenvalue weighted by atomic mass is 9.63. The van der Waals surface area contributed by atoms with Gasteiger partial charge in [0, 0.05) is 71.1 Å². The van der Waals surface area contributed by atoms with Gasteiger partial charge < -0.3 is 19.2 Å². The van der Waals surface area contributed by atoms with Crippen LogP contribution in [0.15, 0.2) is 174 Å². The number of hydrogen-bond donors (Lipinski definition) is 1. The van der Waals surface area contributed by atoms with Crippen LogP contribution in [0.3, 0.4) is 0 Å². The molecule has 0 saturated heterocycles. The summed E-state index contributed by atoms with van der Waals surface area (Å²) in [5.41, 5.74) is 17.1. The summed E-state index contributed by atoms with van der Waals surface area (Å²) in [7, 11) is 2.46. The highest BCUT2D eigenvalue weighted by molar-refractivity contribution is 7.29. The van der Waals surface area contributed by atoms with Gasteiger partial charge in [0.05, 0.1) is 11.2 Å². The molecule has 0 fully saturated rings. The molecule has 1 aliphatic rings. The van der Waals surface area contributed by atoms with Crippen molar-refractivity contribution in [1.82, 2.24) is 4.57 Å². The lowest BCUT2D eigenvalue weighted by Crippen LogP contribution is -2.35. The highest BCUT2D eigenvalue weighted by Gasteiger charge is 2.31. The molecule has 1 radical (unpaired) electrons. The van der Waals surface area contributed by atoms with Gasteiger partial charge in [0.25, 0.3) is 0 Å². The van der Waals surface area contributed by atoms with Crippen molar-refractivity contribution in [2.45, 2.75) is 52.4 Å². The molecule has 1 N–H and O–H groups in total. The molecule has 1 aliphatic heterocycles. The molecule has 64 heavy (non-hydrogen) atoms. The Morgan fingerprint density at radius 2 is 1.20 bits per heavy atom. The fraction of sp³-hybridized carbons (Fsp3) is 0.138. The first-order valence-electron chi connectivity index (χ1n) is 22.2. The van der Waals surface area contributed by atoms with Crippen LogP contribution in [0.2, 0.25) is 0 Å². The van der Waals surface area contributed by atoms with Crippen LogP contribution in [-0.4, -0.2) is 11.8 Å². The van der Waals surface area contributed by atoms with E-state index in [-0.39, 0.29) is 10.8 Å². The fourth-order valence-corrected chi connectivity index (χ4v) is 10.9. The van der Waals surface area contributed by atoms with Crippen LogP contribution in [0.5, 0.6) is 0 Å². The molecule has 8 aromatic carbocycles. The van der Waals surface area contributed by atoms with E-state index < -0.39 is 0 Å². The molecule has 3 aromatic heterocycles. The highest BCUT2D eigenvalue weighted by atomic mass is 32.1. The maximum absolute atomic E-state index is 6.53. The van der Waals surface area contributed by atoms with Crippen molar-refractivity contribution in [3.8, 4) is 16.8 Å². The highest BCUT2D eigenvalue weighted by Crippen LogP contribution is 2.45. The van der Waals surface area contributed by atoms with E-state index in [1.807, 2.05) is 11.3 Å². The predicted molar refractivity (Wildman–Crippen MR) is 276 cm³/mol. The molecule has 309 valence electrons. The van der Waals surface area contributed by atoms with Crippen molar-refractivity contribution >= 4 is 111 Å². The quantitative estimate of drug-likeness (QED) is 0.169. The van der Waals surface area contributed by atoms with Gasteiger partial charge in [-0.25, -0.2) is 0 Å². The number of para-hydroxylation sites is 3. The predicted octanol–water partition coefficient (Wildman–Crippen LogP) is 15.3. The van der Waals surface area contributed by atoms with E-state index in [1.165, 1.54) is 64.5 Å². The van der Waals surface area contributed by atoms with Crippen LogP contribution in [-0.2, 0) is 10.8 Å². The van der Waals surface area contributed by atoms with E-state index in [1.54, 1.807) is 0 Å². The molecule has 0 atom stereocenters. The molecule has 12 rings (SSSR count). The smallest absolute Gasteiger partial charge is 0.211 e. The van der Waals surface area contributed by atoms with Gasteiger partial charge in [0.1, 0.15) is 11.2 Å². The number of anilines is 5. The van der Waals surface area contributed by atoms with E-state index in [0.29, 0.717) is 0 Å². The minimum Gasteiger partial charge on any atom is -0.456 e. The third-order valence-electron chi connectivity index (χ3n) is 13.1. The van der Waals surface area contributed by atoms with Gasteiger partial charge in [-0.2, -0.15) is 0 Å². The number of furan rings is 1. The summed E-state index contributed by atoms with van der Waals surface area (Å²) in [5, 5.41) is 9.92. The molecular weight excluding hydrogens is 798 g/mol. The van der Waals surface area contributed by atoms with E-state index in [4.69, 9.17) is 4.42 Å². The zero-order chi connectivity index (χ0) is 43.5. The van der Waals surface area contributed by atoms with Gasteiger partial charge in [0.2, 0.25) is 7.28 Å². The van der Waals surface area contributed by atoms with Crippen molar-refractivity contribution < 1.29 is 4.42 Å². The molecule has 4 heterocycles. The third-order valence-corrected chi connectivity index (χ3v) is 14.2. The molecule has 4 nitrogen and oxygen atoms in total. The Labute approximate surface area is 378 Å². The second-order valence-electron chi connectivity index (χ2n) is 19.3. The summed E-state index contributed by atoms with van der Waals surface area (Å²) in [6, 6.07) is 62.0. The van der Waals surface area contributed by atoms with Gasteiger partial charge >= 0.3 is 0 Å². The van der Waals surface area contributed by atoms with E-state index in [9.17, 15) is 0 Å². The Morgan fingerprint density at radius 1 is 0.531 bits per heavy atom. The van der Waals surface area contributed by atoms with Crippen molar-refractivity contribution in [3.05, 3.63) is 181 Å². The second kappa shape index (κ2) is 14.3. The number of rotatable bonds is 6. The normalized spacial score (nSPS) is 12.7. The van der Waals surface area contributed by atoms with Gasteiger partial charge in [-0.15, -0.1) is 11.3 Å². The summed E-state index contributed by atoms with van der Waals surface area (Å²) in [5.74, 6) is 0. The number of fused-ring (bicyclic) bond motifs is 10. The summed E-state index contributed by atoms with van der Waals surface area (Å²) >= 11 is 1.88. The molecule has 6 heteroatoms. The van der Waals surface area contributed by atoms with Crippen molar-refractivity contribution in [2.24, 2.45) is 0 Å². The first kappa shape index (κ1) is 38.6. The van der Waals surface area contributed by atoms with E-state index in [2.05, 4.69) is 233 Å². The van der Waals surface area contributed by atoms with Crippen LogP contribution in [0.4, 0.5) is 28.4 Å². The largest absolute Gasteiger partial charge is 0.456 e. The summed E-state index contributed by atoms with van der Waals surface area (Å²) in [4.78, 5) is 2.34. The molecule has 11 aromatic rings. The third kappa shape index (κ3) is 6.18. The van der Waals surface area contributed by atoms with E-state index >= 15 is 0 Å². The Hall–Kier alpha value is -7.02. The van der Waals surface area contributed by atoms with Crippen LogP contribution < -0.4 is 20.5 Å². The molecule has 0 saturated carbocycles. The summed E-state index contributed by atoms with van der Waals surface area (Å²) < 4.78 is 11.7. The zero-order valence-corrected chi connectivity index (χ0v) is 37.8. The Balaban J connectivity index is 1.12. The lowest BCUT2D eigenvalue weighted by molar-refractivity contribution is 0.590. The topological polar surface area (TPSA) is 33.3 Å². The van der Waals surface area contributed by atoms with Gasteiger partial charge in [-0.05, 0) is 117 Å². The van der Waals surface area contributed by atoms with Crippen LogP contribution in [0, 0.1) is 0 Å². The number of nitrogens with one attached hydrogen (secondary N) is 1. The number of aromatic nitrogens is 1. The minimum atomic E-state index is 0.0155. The summed E-state index contributed by atoms with van der Waals surface area (Å²) in [6.07, 6.45) is 0. The van der Waals surface area contributed by atoms with Crippen molar-refractivity contribution in [1.29, 1.82) is 0 Å². The maximum Gasteiger partial charge on any atom is 0.211 e. The zero-order valence-electron chi connectivity index (χ0n) is 37.0. The Kier molecular flexibility index (Phi) is 8.60. The maximum atomic E-state index is 6.53. The van der Waals surface area contributed by atoms with Crippen molar-refractivity contribution in [2.75, 3.05) is 10.2 Å². The number of nitrogens with zero attached hydrogens (tertiary/aromatic N) is 2. The lowest BCUT2D eigenvalue weighted by Gasteiger charge is -2.27. The average Bonchev–Trinajstić information content (AvgIpc) is 3.95. The molecule has 0 spiro atoms. The minimum absolute atomic E-state index is 0.0155. The molecule has 0 unspecified atom stereocenters. The standard InChI is InChI=1S/C58H47BN3OS/c1-57(2,3)35-21-24-37(25-22-35)60-48-32-40(61(38-15-9-7-10-16-38)39-17-11-8-12-18-39)26-27-41(48)43-28-29-44-45-34-51-46(42-19-13-14-20-50(42)63-51)33-49(45)62-54(44)53(43)59-56-55(62)47-31-36(58(4,5)6)23-30-52(47)64-56/h7-34,60H,1-6H3. The monoisotopic (exact) mass is 844 g/mol. The molecule has 0 bridgehead atoms. The van der Waals surface area contributed by atoms with Gasteiger partial charge in [-0.1, -0.05) is 133 Å². The fourth-order valence-electron chi connectivity index (χ4n) is 9.81. The van der Waals surface area contributed by atoms with Crippen LogP contribution in [0.25, 0.3) is 70.6 Å². The van der Waals surface area contributed by atoms with Gasteiger partial charge in [-0.3, -0.25) is 0 Å². The first-order valence-corrected chi connectivity index (χ1v) is 23.1. The van der Waals surface area contributed by atoms with Crippen LogP contribution >= 0.6 is 11.3 Å². The van der Waals surface area contributed by atoms with E-state index in [0.717, 1.165) is 55.9 Å². The first-order chi connectivity index (χ1) is 31.0. The number of benzene rings is 8.